The second-order valence-corrected chi connectivity index (χ2v) is 3.35. The Morgan fingerprint density at radius 2 is 2.00 bits per heavy atom. The summed E-state index contributed by atoms with van der Waals surface area (Å²) >= 11 is 5.52. The van der Waals surface area contributed by atoms with Crippen LogP contribution in [-0.2, 0) is 0 Å². The molecule has 82 valence electrons. The summed E-state index contributed by atoms with van der Waals surface area (Å²) < 4.78 is 10.2. The molecular weight excluding hydrogens is 216 g/mol. The van der Waals surface area contributed by atoms with E-state index in [-0.39, 0.29) is 11.7 Å². The molecule has 0 bridgehead atoms. The predicted octanol–water partition coefficient (Wildman–Crippen LogP) is 2.43. The molecule has 0 amide bonds. The lowest BCUT2D eigenvalue weighted by Crippen LogP contribution is -2.06. The van der Waals surface area contributed by atoms with Gasteiger partial charge in [-0.05, 0) is 18.6 Å². The van der Waals surface area contributed by atoms with E-state index in [0.717, 1.165) is 5.56 Å². The van der Waals surface area contributed by atoms with Crippen molar-refractivity contribution in [2.75, 3.05) is 20.1 Å². The van der Waals surface area contributed by atoms with Gasteiger partial charge in [0.1, 0.15) is 11.5 Å². The summed E-state index contributed by atoms with van der Waals surface area (Å²) in [7, 11) is 3.08. The highest BCUT2D eigenvalue weighted by molar-refractivity contribution is 6.31. The Bertz CT molecular complexity index is 374. The standard InChI is InChI=1S/C11H13ClO3/c1-7-4-8(14-2)5-10(15-3)11(7)9(13)6-12/h4-5H,6H2,1-3H3. The van der Waals surface area contributed by atoms with Crippen LogP contribution in [0.3, 0.4) is 0 Å². The van der Waals surface area contributed by atoms with Crippen LogP contribution in [0.4, 0.5) is 0 Å². The van der Waals surface area contributed by atoms with Crippen LogP contribution in [0.2, 0.25) is 0 Å². The highest BCUT2D eigenvalue weighted by Crippen LogP contribution is 2.28. The van der Waals surface area contributed by atoms with Gasteiger partial charge in [0.2, 0.25) is 0 Å². The summed E-state index contributed by atoms with van der Waals surface area (Å²) in [4.78, 5) is 11.6. The third-order valence-corrected chi connectivity index (χ3v) is 2.37. The lowest BCUT2D eigenvalue weighted by molar-refractivity contribution is 0.101. The van der Waals surface area contributed by atoms with Crippen molar-refractivity contribution in [2.24, 2.45) is 0 Å². The Hall–Kier alpha value is -1.22. The van der Waals surface area contributed by atoms with E-state index in [1.165, 1.54) is 7.11 Å². The van der Waals surface area contributed by atoms with Crippen molar-refractivity contribution in [2.45, 2.75) is 6.92 Å². The van der Waals surface area contributed by atoms with E-state index in [0.29, 0.717) is 17.1 Å². The molecule has 1 rings (SSSR count). The van der Waals surface area contributed by atoms with Gasteiger partial charge in [0.05, 0.1) is 25.7 Å². The van der Waals surface area contributed by atoms with Gasteiger partial charge in [0, 0.05) is 6.07 Å². The first kappa shape index (κ1) is 11.9. The highest BCUT2D eigenvalue weighted by Gasteiger charge is 2.15. The first-order valence-electron chi connectivity index (χ1n) is 4.45. The molecule has 0 aliphatic rings. The normalized spacial score (nSPS) is 9.87. The first-order valence-corrected chi connectivity index (χ1v) is 4.99. The third kappa shape index (κ3) is 2.42. The van der Waals surface area contributed by atoms with Gasteiger partial charge >= 0.3 is 0 Å². The molecule has 0 aromatic heterocycles. The fourth-order valence-electron chi connectivity index (χ4n) is 1.43. The van der Waals surface area contributed by atoms with Gasteiger partial charge in [0.15, 0.2) is 5.78 Å². The Kier molecular flexibility index (Phi) is 3.97. The maximum absolute atomic E-state index is 11.6. The van der Waals surface area contributed by atoms with E-state index >= 15 is 0 Å². The Labute approximate surface area is 93.9 Å². The molecule has 0 spiro atoms. The summed E-state index contributed by atoms with van der Waals surface area (Å²) in [5.74, 6) is 0.963. The molecule has 0 heterocycles. The van der Waals surface area contributed by atoms with Gasteiger partial charge in [-0.1, -0.05) is 0 Å². The molecule has 1 aromatic carbocycles. The maximum atomic E-state index is 11.6. The number of ketones is 1. The molecule has 0 atom stereocenters. The molecule has 4 heteroatoms. The average Bonchev–Trinajstić information content (AvgIpc) is 2.26. The van der Waals surface area contributed by atoms with Gasteiger partial charge in [-0.15, -0.1) is 11.6 Å². The second kappa shape index (κ2) is 5.03. The molecule has 0 aliphatic carbocycles. The smallest absolute Gasteiger partial charge is 0.181 e. The lowest BCUT2D eigenvalue weighted by Gasteiger charge is -2.11. The molecule has 0 saturated heterocycles. The molecule has 0 saturated carbocycles. The number of carbonyl (C=O) groups excluding carboxylic acids is 1. The number of hydrogen-bond donors (Lipinski definition) is 0. The van der Waals surface area contributed by atoms with Crippen LogP contribution in [0.5, 0.6) is 11.5 Å². The molecule has 0 N–H and O–H groups in total. The fourth-order valence-corrected chi connectivity index (χ4v) is 1.56. The lowest BCUT2D eigenvalue weighted by atomic mass is 10.0. The quantitative estimate of drug-likeness (QED) is 0.587. The van der Waals surface area contributed by atoms with Crippen LogP contribution in [0.25, 0.3) is 0 Å². The number of halogens is 1. The summed E-state index contributed by atoms with van der Waals surface area (Å²) in [5, 5.41) is 0. The number of rotatable bonds is 4. The largest absolute Gasteiger partial charge is 0.497 e. The number of methoxy groups -OCH3 is 2. The number of alkyl halides is 1. The average molecular weight is 229 g/mol. The van der Waals surface area contributed by atoms with Crippen molar-refractivity contribution in [1.29, 1.82) is 0 Å². The molecule has 0 fully saturated rings. The van der Waals surface area contributed by atoms with E-state index in [2.05, 4.69) is 0 Å². The van der Waals surface area contributed by atoms with Crippen molar-refractivity contribution in [3.05, 3.63) is 23.3 Å². The number of benzene rings is 1. The summed E-state index contributed by atoms with van der Waals surface area (Å²) in [6.07, 6.45) is 0. The van der Waals surface area contributed by atoms with Gasteiger partial charge < -0.3 is 9.47 Å². The van der Waals surface area contributed by atoms with Crippen molar-refractivity contribution >= 4 is 17.4 Å². The van der Waals surface area contributed by atoms with Crippen molar-refractivity contribution in [3.8, 4) is 11.5 Å². The van der Waals surface area contributed by atoms with E-state index in [1.54, 1.807) is 19.2 Å². The molecule has 3 nitrogen and oxygen atoms in total. The van der Waals surface area contributed by atoms with Crippen LogP contribution in [0.15, 0.2) is 12.1 Å². The SMILES string of the molecule is COc1cc(C)c(C(=O)CCl)c(OC)c1. The molecule has 0 unspecified atom stereocenters. The number of aryl methyl sites for hydroxylation is 1. The van der Waals surface area contributed by atoms with Crippen LogP contribution in [0, 0.1) is 6.92 Å². The predicted molar refractivity (Wildman–Crippen MR) is 59.3 cm³/mol. The monoisotopic (exact) mass is 228 g/mol. The van der Waals surface area contributed by atoms with Crippen LogP contribution < -0.4 is 9.47 Å². The van der Waals surface area contributed by atoms with Gasteiger partial charge in [0.25, 0.3) is 0 Å². The van der Waals surface area contributed by atoms with Gasteiger partial charge in [-0.25, -0.2) is 0 Å². The van der Waals surface area contributed by atoms with Crippen LogP contribution in [0.1, 0.15) is 15.9 Å². The van der Waals surface area contributed by atoms with Gasteiger partial charge in [-0.2, -0.15) is 0 Å². The highest BCUT2D eigenvalue weighted by atomic mass is 35.5. The van der Waals surface area contributed by atoms with Crippen LogP contribution >= 0.6 is 11.6 Å². The number of Topliss-reactive ketones (excluding diaryl/α,β-unsaturated/α-hetero) is 1. The Morgan fingerprint density at radius 3 is 2.47 bits per heavy atom. The topological polar surface area (TPSA) is 35.5 Å². The molecular formula is C11H13ClO3. The summed E-state index contributed by atoms with van der Waals surface area (Å²) in [6.45, 7) is 1.82. The molecule has 1 aromatic rings. The maximum Gasteiger partial charge on any atom is 0.181 e. The number of hydrogen-bond acceptors (Lipinski definition) is 3. The van der Waals surface area contributed by atoms with Gasteiger partial charge in [-0.3, -0.25) is 4.79 Å². The fraction of sp³-hybridized carbons (Fsp3) is 0.364. The van der Waals surface area contributed by atoms with E-state index in [9.17, 15) is 4.79 Å². The van der Waals surface area contributed by atoms with Crippen molar-refractivity contribution in [3.63, 3.8) is 0 Å². The minimum Gasteiger partial charge on any atom is -0.497 e. The zero-order valence-electron chi connectivity index (χ0n) is 8.96. The van der Waals surface area contributed by atoms with E-state index in [4.69, 9.17) is 21.1 Å². The van der Waals surface area contributed by atoms with E-state index in [1.807, 2.05) is 6.92 Å². The number of carbonyl (C=O) groups is 1. The zero-order chi connectivity index (χ0) is 11.4. The molecule has 0 radical (unpaired) electrons. The Balaban J connectivity index is 3.30. The molecule has 0 aliphatic heterocycles. The minimum absolute atomic E-state index is 0.0521. The minimum atomic E-state index is -0.145. The first-order chi connectivity index (χ1) is 7.13. The summed E-state index contributed by atoms with van der Waals surface area (Å²) in [5.41, 5.74) is 1.32. The van der Waals surface area contributed by atoms with Crippen molar-refractivity contribution in [1.82, 2.24) is 0 Å². The van der Waals surface area contributed by atoms with Crippen molar-refractivity contribution < 1.29 is 14.3 Å². The zero-order valence-corrected chi connectivity index (χ0v) is 9.72. The summed E-state index contributed by atoms with van der Waals surface area (Å²) in [6, 6.07) is 3.45. The van der Waals surface area contributed by atoms with E-state index < -0.39 is 0 Å². The third-order valence-electron chi connectivity index (χ3n) is 2.13. The molecule has 15 heavy (non-hydrogen) atoms. The number of ether oxygens (including phenoxy) is 2. The van der Waals surface area contributed by atoms with Crippen LogP contribution in [-0.4, -0.2) is 25.9 Å². The second-order valence-electron chi connectivity index (χ2n) is 3.08. The Morgan fingerprint density at radius 1 is 1.33 bits per heavy atom.